The number of nitrogens with two attached hydrogens (primary N) is 1. The van der Waals surface area contributed by atoms with Gasteiger partial charge in [0.2, 0.25) is 0 Å². The van der Waals surface area contributed by atoms with E-state index in [0.29, 0.717) is 5.69 Å². The molecule has 20 heavy (non-hydrogen) atoms. The van der Waals surface area contributed by atoms with Crippen LogP contribution in [0.15, 0.2) is 29.2 Å². The van der Waals surface area contributed by atoms with Gasteiger partial charge in [0.1, 0.15) is 29.9 Å². The maximum Gasteiger partial charge on any atom is 0.136 e. The minimum Gasteiger partial charge on any atom is -0.399 e. The molecule has 0 spiro atoms. The van der Waals surface area contributed by atoms with Gasteiger partial charge in [-0.1, -0.05) is 11.8 Å². The van der Waals surface area contributed by atoms with Crippen molar-refractivity contribution in [1.29, 1.82) is 0 Å². The number of nitrogen functional groups attached to an aromatic ring is 1. The highest BCUT2D eigenvalue weighted by atomic mass is 35.5. The van der Waals surface area contributed by atoms with Crippen LogP contribution in [-0.4, -0.2) is 56.9 Å². The molecule has 0 radical (unpaired) electrons. The Morgan fingerprint density at radius 1 is 1.05 bits per heavy atom. The molecule has 0 saturated carbocycles. The van der Waals surface area contributed by atoms with Crippen LogP contribution in [0.25, 0.3) is 0 Å². The van der Waals surface area contributed by atoms with Gasteiger partial charge in [-0.25, -0.2) is 0 Å². The van der Waals surface area contributed by atoms with Crippen LogP contribution in [0.1, 0.15) is 0 Å². The first-order valence-corrected chi connectivity index (χ1v) is 6.73. The van der Waals surface area contributed by atoms with Gasteiger partial charge in [-0.2, -0.15) is 0 Å². The van der Waals surface area contributed by atoms with Crippen LogP contribution in [0.5, 0.6) is 0 Å². The smallest absolute Gasteiger partial charge is 0.136 e. The Morgan fingerprint density at radius 2 is 1.65 bits per heavy atom. The molecular weight excluding hydrogens is 306 g/mol. The van der Waals surface area contributed by atoms with Crippen molar-refractivity contribution in [3.63, 3.8) is 0 Å². The largest absolute Gasteiger partial charge is 0.399 e. The third-order valence-corrected chi connectivity index (χ3v) is 4.15. The second-order valence-electron chi connectivity index (χ2n) is 4.38. The molecule has 1 heterocycles. The van der Waals surface area contributed by atoms with Crippen molar-refractivity contribution in [3.8, 4) is 0 Å². The number of aliphatic hydroxyl groups excluding tert-OH is 4. The molecule has 1 aromatic rings. The molecule has 0 bridgehead atoms. The van der Waals surface area contributed by atoms with Crippen LogP contribution >= 0.6 is 24.2 Å². The fourth-order valence-electron chi connectivity index (χ4n) is 1.85. The van der Waals surface area contributed by atoms with E-state index < -0.39 is 36.5 Å². The Morgan fingerprint density at radius 3 is 2.20 bits per heavy atom. The topological polar surface area (TPSA) is 116 Å². The highest BCUT2D eigenvalue weighted by molar-refractivity contribution is 7.99. The maximum atomic E-state index is 9.87. The first kappa shape index (κ1) is 17.5. The molecule has 1 fully saturated rings. The lowest BCUT2D eigenvalue weighted by molar-refractivity contribution is -0.205. The minimum absolute atomic E-state index is 0. The van der Waals surface area contributed by atoms with Crippen molar-refractivity contribution in [2.24, 2.45) is 0 Å². The molecule has 2 unspecified atom stereocenters. The molecule has 0 aromatic heterocycles. The van der Waals surface area contributed by atoms with Crippen molar-refractivity contribution in [2.45, 2.75) is 34.7 Å². The number of rotatable bonds is 3. The van der Waals surface area contributed by atoms with Gasteiger partial charge in [-0.05, 0) is 24.3 Å². The Bertz CT molecular complexity index is 419. The first-order chi connectivity index (χ1) is 9.02. The van der Waals surface area contributed by atoms with Crippen LogP contribution in [0.4, 0.5) is 5.69 Å². The lowest BCUT2D eigenvalue weighted by Crippen LogP contribution is -2.57. The van der Waals surface area contributed by atoms with Gasteiger partial charge >= 0.3 is 0 Å². The highest BCUT2D eigenvalue weighted by Crippen LogP contribution is 2.33. The van der Waals surface area contributed by atoms with Crippen LogP contribution in [0.2, 0.25) is 0 Å². The first-order valence-electron chi connectivity index (χ1n) is 5.85. The van der Waals surface area contributed by atoms with E-state index in [9.17, 15) is 15.3 Å². The zero-order chi connectivity index (χ0) is 14.0. The Hall–Kier alpha value is -0.540. The van der Waals surface area contributed by atoms with E-state index >= 15 is 0 Å². The number of halogens is 1. The van der Waals surface area contributed by atoms with Gasteiger partial charge in [0, 0.05) is 10.6 Å². The summed E-state index contributed by atoms with van der Waals surface area (Å²) in [6.07, 6.45) is -4.80. The minimum atomic E-state index is -1.35. The monoisotopic (exact) mass is 323 g/mol. The lowest BCUT2D eigenvalue weighted by Gasteiger charge is -2.39. The van der Waals surface area contributed by atoms with E-state index in [2.05, 4.69) is 0 Å². The van der Waals surface area contributed by atoms with Crippen molar-refractivity contribution in [1.82, 2.24) is 0 Å². The van der Waals surface area contributed by atoms with Gasteiger partial charge in [-0.15, -0.1) is 12.4 Å². The number of hydrogen-bond donors (Lipinski definition) is 5. The molecule has 2 rings (SSSR count). The third kappa shape index (κ3) is 3.76. The average Bonchev–Trinajstić information content (AvgIpc) is 2.42. The standard InChI is InChI=1S/C12H17NO5S.ClH/c13-6-1-3-7(4-2-6)19-12-11(17)10(16)9(15)8(5-14)18-12;/h1-4,8-12,14-17H,5,13H2;1H/t8?,9-,10+,11?,12+;/m1./s1. The van der Waals surface area contributed by atoms with Crippen molar-refractivity contribution in [3.05, 3.63) is 24.3 Å². The van der Waals surface area contributed by atoms with Gasteiger partial charge in [-0.3, -0.25) is 0 Å². The molecule has 0 amide bonds. The van der Waals surface area contributed by atoms with Crippen molar-refractivity contribution < 1.29 is 25.2 Å². The van der Waals surface area contributed by atoms with E-state index in [1.807, 2.05) is 0 Å². The number of anilines is 1. The van der Waals surface area contributed by atoms with E-state index in [0.717, 1.165) is 4.90 Å². The summed E-state index contributed by atoms with van der Waals surface area (Å²) in [6, 6.07) is 6.96. The molecule has 0 aliphatic carbocycles. The average molecular weight is 324 g/mol. The van der Waals surface area contributed by atoms with Crippen LogP contribution in [-0.2, 0) is 4.74 Å². The number of thioether (sulfide) groups is 1. The highest BCUT2D eigenvalue weighted by Gasteiger charge is 2.43. The number of aliphatic hydroxyl groups is 4. The molecule has 114 valence electrons. The zero-order valence-electron chi connectivity index (χ0n) is 10.5. The SMILES string of the molecule is Cl.Nc1ccc(S[C@@H]2OC(CO)[C@@H](O)[C@H](O)C2O)cc1. The molecule has 6 N–H and O–H groups in total. The quantitative estimate of drug-likeness (QED) is 0.480. The number of ether oxygens (including phenoxy) is 1. The van der Waals surface area contributed by atoms with Crippen molar-refractivity contribution >= 4 is 29.9 Å². The molecule has 5 atom stereocenters. The summed E-state index contributed by atoms with van der Waals surface area (Å²) < 4.78 is 5.39. The molecule has 1 aromatic carbocycles. The van der Waals surface area contributed by atoms with Gasteiger partial charge in [0.05, 0.1) is 6.61 Å². The Balaban J connectivity index is 0.00000200. The Kier molecular flexibility index (Phi) is 6.53. The molecule has 8 heteroatoms. The fraction of sp³-hybridized carbons (Fsp3) is 0.500. The predicted molar refractivity (Wildman–Crippen MR) is 77.7 cm³/mol. The van der Waals surface area contributed by atoms with E-state index in [4.69, 9.17) is 15.6 Å². The molecule has 1 aliphatic heterocycles. The van der Waals surface area contributed by atoms with Gasteiger partial charge < -0.3 is 30.9 Å². The molecular formula is C12H18ClNO5S. The van der Waals surface area contributed by atoms with Gasteiger partial charge in [0.15, 0.2) is 0 Å². The fourth-order valence-corrected chi connectivity index (χ4v) is 2.91. The second kappa shape index (κ2) is 7.46. The maximum absolute atomic E-state index is 9.87. The van der Waals surface area contributed by atoms with Crippen LogP contribution < -0.4 is 5.73 Å². The summed E-state index contributed by atoms with van der Waals surface area (Å²) >= 11 is 1.20. The summed E-state index contributed by atoms with van der Waals surface area (Å²) in [5, 5.41) is 38.3. The van der Waals surface area contributed by atoms with Gasteiger partial charge in [0.25, 0.3) is 0 Å². The number of benzene rings is 1. The molecule has 1 aliphatic rings. The molecule has 1 saturated heterocycles. The van der Waals surface area contributed by atoms with E-state index in [1.54, 1.807) is 24.3 Å². The van der Waals surface area contributed by atoms with E-state index in [-0.39, 0.29) is 12.4 Å². The number of hydrogen-bond acceptors (Lipinski definition) is 7. The van der Waals surface area contributed by atoms with Crippen LogP contribution in [0.3, 0.4) is 0 Å². The second-order valence-corrected chi connectivity index (χ2v) is 5.56. The van der Waals surface area contributed by atoms with Crippen LogP contribution in [0, 0.1) is 0 Å². The Labute approximate surface area is 127 Å². The summed E-state index contributed by atoms with van der Waals surface area (Å²) in [4.78, 5) is 0.804. The summed E-state index contributed by atoms with van der Waals surface area (Å²) in [5.41, 5.74) is 5.43. The summed E-state index contributed by atoms with van der Waals surface area (Å²) in [5.74, 6) is 0. The summed E-state index contributed by atoms with van der Waals surface area (Å²) in [6.45, 7) is -0.427. The van der Waals surface area contributed by atoms with Crippen molar-refractivity contribution in [2.75, 3.05) is 12.3 Å². The molecule has 6 nitrogen and oxygen atoms in total. The zero-order valence-corrected chi connectivity index (χ0v) is 12.1. The van der Waals surface area contributed by atoms with E-state index in [1.165, 1.54) is 11.8 Å². The normalized spacial score (nSPS) is 33.5. The summed E-state index contributed by atoms with van der Waals surface area (Å²) in [7, 11) is 0. The predicted octanol–water partition coefficient (Wildman–Crippen LogP) is -0.417. The third-order valence-electron chi connectivity index (χ3n) is 2.98. The lowest BCUT2D eigenvalue weighted by atomic mass is 10.0.